The third-order valence-corrected chi connectivity index (χ3v) is 1.05. The molecule has 0 unspecified atom stereocenters. The van der Waals surface area contributed by atoms with Crippen LogP contribution >= 0.6 is 23.2 Å². The van der Waals surface area contributed by atoms with Crippen LogP contribution in [-0.2, 0) is 0 Å². The van der Waals surface area contributed by atoms with Crippen LogP contribution in [0.5, 0.6) is 0 Å². The molecule has 0 rings (SSSR count). The summed E-state index contributed by atoms with van der Waals surface area (Å²) in [4.78, 5) is 0. The Balaban J connectivity index is 0. The minimum atomic E-state index is 0. The average Bonchev–Trinajstić information content (AvgIpc) is 1.61. The third kappa shape index (κ3) is 11.1. The molecule has 42 valence electrons. The molecule has 0 aromatic carbocycles. The normalized spacial score (nSPS) is 7.71. The molecule has 0 aliphatic rings. The van der Waals surface area contributed by atoms with Gasteiger partial charge in [0.1, 0.15) is 0 Å². The van der Waals surface area contributed by atoms with Crippen molar-refractivity contribution in [2.24, 2.45) is 0 Å². The van der Waals surface area contributed by atoms with Crippen molar-refractivity contribution in [3.63, 3.8) is 0 Å². The first kappa shape index (κ1) is 11.2. The summed E-state index contributed by atoms with van der Waals surface area (Å²) < 4.78 is 0. The fourth-order valence-corrected chi connectivity index (χ4v) is 0.567. The van der Waals surface area contributed by atoms with E-state index in [1.807, 2.05) is 0 Å². The van der Waals surface area contributed by atoms with Crippen LogP contribution in [0, 0.1) is 0 Å². The zero-order chi connectivity index (χ0) is 4.83. The predicted octanol–water partition coefficient (Wildman–Crippen LogP) is 1.33. The summed E-state index contributed by atoms with van der Waals surface area (Å²) in [5.41, 5.74) is 0. The lowest BCUT2D eigenvalue weighted by Crippen LogP contribution is -1.74. The number of halogens is 2. The van der Waals surface area contributed by atoms with Gasteiger partial charge in [0.25, 0.3) is 0 Å². The summed E-state index contributed by atoms with van der Waals surface area (Å²) >= 11 is 10.6. The number of hydrogen-bond donors (Lipinski definition) is 0. The first-order chi connectivity index (χ1) is 2.91. The predicted molar refractivity (Wildman–Crippen MR) is 39.2 cm³/mol. The smallest absolute Gasteiger partial charge is 0.127 e. The van der Waals surface area contributed by atoms with Crippen LogP contribution in [0.4, 0.5) is 0 Å². The van der Waals surface area contributed by atoms with E-state index in [9.17, 15) is 0 Å². The molecular weight excluding hydrogens is 143 g/mol. The van der Waals surface area contributed by atoms with Crippen molar-refractivity contribution in [1.29, 1.82) is 0 Å². The van der Waals surface area contributed by atoms with Crippen molar-refractivity contribution in [1.82, 2.24) is 0 Å². The summed E-state index contributed by atoms with van der Waals surface area (Å²) in [7, 11) is 0. The summed E-state index contributed by atoms with van der Waals surface area (Å²) in [5.74, 6) is 1.49. The molecular formula is C4H10Cl2Mg. The summed E-state index contributed by atoms with van der Waals surface area (Å²) in [6, 6.07) is 0. The van der Waals surface area contributed by atoms with Gasteiger partial charge in [-0.1, -0.05) is 0 Å². The minimum Gasteiger partial charge on any atom is -0.127 e. The fraction of sp³-hybridized carbons (Fsp3) is 1.00. The minimum absolute atomic E-state index is 0. The van der Waals surface area contributed by atoms with Gasteiger partial charge in [-0.05, 0) is 12.8 Å². The van der Waals surface area contributed by atoms with Crippen LogP contribution in [0.25, 0.3) is 0 Å². The SMILES string of the molecule is ClCCCCCl.[MgH2]. The van der Waals surface area contributed by atoms with E-state index < -0.39 is 0 Å². The molecule has 0 amide bonds. The van der Waals surface area contributed by atoms with Gasteiger partial charge < -0.3 is 0 Å². The fourth-order valence-electron chi connectivity index (χ4n) is 0.189. The van der Waals surface area contributed by atoms with Gasteiger partial charge >= 0.3 is 23.1 Å². The molecule has 3 heteroatoms. The van der Waals surface area contributed by atoms with Crippen molar-refractivity contribution in [3.05, 3.63) is 0 Å². The molecule has 0 aliphatic heterocycles. The molecule has 0 bridgehead atoms. The lowest BCUT2D eigenvalue weighted by molar-refractivity contribution is 0.899. The topological polar surface area (TPSA) is 0 Å². The molecule has 0 aliphatic carbocycles. The first-order valence-corrected chi connectivity index (χ1v) is 3.10. The van der Waals surface area contributed by atoms with E-state index in [4.69, 9.17) is 23.2 Å². The second kappa shape index (κ2) is 10.4. The Morgan fingerprint density at radius 1 is 0.857 bits per heavy atom. The van der Waals surface area contributed by atoms with Crippen LogP contribution in [0.15, 0.2) is 0 Å². The quantitative estimate of drug-likeness (QED) is 0.326. The van der Waals surface area contributed by atoms with Crippen LogP contribution in [-0.4, -0.2) is 34.8 Å². The van der Waals surface area contributed by atoms with E-state index in [-0.39, 0.29) is 23.1 Å². The maximum Gasteiger partial charge on any atom is 0.316 e. The van der Waals surface area contributed by atoms with Gasteiger partial charge in [-0.25, -0.2) is 0 Å². The van der Waals surface area contributed by atoms with Gasteiger partial charge in [0.05, 0.1) is 0 Å². The molecule has 0 atom stereocenters. The zero-order valence-electron chi connectivity index (χ0n) is 3.58. The van der Waals surface area contributed by atoms with Gasteiger partial charge in [-0.3, -0.25) is 0 Å². The third-order valence-electron chi connectivity index (χ3n) is 0.517. The van der Waals surface area contributed by atoms with Gasteiger partial charge in [0.15, 0.2) is 0 Å². The Labute approximate surface area is 70.7 Å². The number of hydrogen-bond acceptors (Lipinski definition) is 0. The number of rotatable bonds is 3. The van der Waals surface area contributed by atoms with Crippen molar-refractivity contribution in [2.75, 3.05) is 11.8 Å². The summed E-state index contributed by atoms with van der Waals surface area (Å²) in [5, 5.41) is 0. The van der Waals surface area contributed by atoms with Gasteiger partial charge in [-0.2, -0.15) is 0 Å². The highest BCUT2D eigenvalue weighted by Crippen LogP contribution is 1.92. The lowest BCUT2D eigenvalue weighted by Gasteiger charge is -1.83. The molecule has 0 aromatic heterocycles. The lowest BCUT2D eigenvalue weighted by atomic mass is 10.4. The Morgan fingerprint density at radius 3 is 1.29 bits per heavy atom. The highest BCUT2D eigenvalue weighted by atomic mass is 35.5. The first-order valence-electron chi connectivity index (χ1n) is 2.03. The highest BCUT2D eigenvalue weighted by molar-refractivity contribution is 6.18. The monoisotopic (exact) mass is 152 g/mol. The van der Waals surface area contributed by atoms with E-state index in [0.717, 1.165) is 24.6 Å². The second-order valence-electron chi connectivity index (χ2n) is 1.09. The molecule has 0 aromatic rings. The maximum absolute atomic E-state index is 5.32. The maximum atomic E-state index is 5.32. The Hall–Kier alpha value is 1.35. The van der Waals surface area contributed by atoms with Crippen LogP contribution in [0.1, 0.15) is 12.8 Å². The standard InChI is InChI=1S/C4H8Cl2.Mg.2H/c5-3-1-2-4-6;;;/h1-4H2;;;. The molecule has 0 spiro atoms. The largest absolute Gasteiger partial charge is 0.316 e. The Morgan fingerprint density at radius 2 is 1.14 bits per heavy atom. The summed E-state index contributed by atoms with van der Waals surface area (Å²) in [6.07, 6.45) is 2.09. The van der Waals surface area contributed by atoms with E-state index >= 15 is 0 Å². The van der Waals surface area contributed by atoms with E-state index in [2.05, 4.69) is 0 Å². The van der Waals surface area contributed by atoms with Crippen LogP contribution in [0.3, 0.4) is 0 Å². The van der Waals surface area contributed by atoms with E-state index in [0.29, 0.717) is 0 Å². The zero-order valence-corrected chi connectivity index (χ0v) is 5.10. The molecule has 7 heavy (non-hydrogen) atoms. The van der Waals surface area contributed by atoms with Gasteiger partial charge in [0.2, 0.25) is 0 Å². The number of unbranched alkanes of at least 4 members (excludes halogenated alkanes) is 1. The molecule has 0 nitrogen and oxygen atoms in total. The molecule has 0 saturated heterocycles. The molecule has 0 fully saturated rings. The van der Waals surface area contributed by atoms with E-state index in [1.54, 1.807) is 0 Å². The highest BCUT2D eigenvalue weighted by Gasteiger charge is 1.78. The van der Waals surface area contributed by atoms with Gasteiger partial charge in [-0.15, -0.1) is 23.2 Å². The molecule has 0 radical (unpaired) electrons. The van der Waals surface area contributed by atoms with Crippen molar-refractivity contribution in [3.8, 4) is 0 Å². The van der Waals surface area contributed by atoms with Gasteiger partial charge in [0, 0.05) is 11.8 Å². The average molecular weight is 153 g/mol. The van der Waals surface area contributed by atoms with Crippen molar-refractivity contribution in [2.45, 2.75) is 12.8 Å². The van der Waals surface area contributed by atoms with Crippen molar-refractivity contribution >= 4 is 46.3 Å². The molecule has 0 heterocycles. The summed E-state index contributed by atoms with van der Waals surface area (Å²) in [6.45, 7) is 0. The van der Waals surface area contributed by atoms with Crippen LogP contribution < -0.4 is 0 Å². The molecule has 0 saturated carbocycles. The Kier molecular flexibility index (Phi) is 16.5. The molecule has 0 N–H and O–H groups in total. The second-order valence-corrected chi connectivity index (χ2v) is 1.84. The van der Waals surface area contributed by atoms with Crippen LogP contribution in [0.2, 0.25) is 0 Å². The number of alkyl halides is 2. The van der Waals surface area contributed by atoms with E-state index in [1.165, 1.54) is 0 Å². The Bertz CT molecular complexity index is 21.7. The van der Waals surface area contributed by atoms with Crippen molar-refractivity contribution < 1.29 is 0 Å².